The summed E-state index contributed by atoms with van der Waals surface area (Å²) in [7, 11) is 0. The number of rotatable bonds is 7. The van der Waals surface area contributed by atoms with Gasteiger partial charge in [0.25, 0.3) is 0 Å². The first-order valence-corrected chi connectivity index (χ1v) is 11.9. The summed E-state index contributed by atoms with van der Waals surface area (Å²) in [5.41, 5.74) is 6.08. The first-order chi connectivity index (χ1) is 15.5. The zero-order valence-electron chi connectivity index (χ0n) is 18.3. The Hall–Kier alpha value is -2.71. The molecule has 2 heterocycles. The van der Waals surface area contributed by atoms with E-state index >= 15 is 0 Å². The normalized spacial score (nSPS) is 17.4. The van der Waals surface area contributed by atoms with Crippen molar-refractivity contribution in [3.63, 3.8) is 0 Å². The van der Waals surface area contributed by atoms with Gasteiger partial charge in [0.05, 0.1) is 12.6 Å². The molecule has 0 fully saturated rings. The van der Waals surface area contributed by atoms with Gasteiger partial charge in [-0.05, 0) is 55.7 Å². The third kappa shape index (κ3) is 4.71. The topological polar surface area (TPSA) is 81.1 Å². The average molecular weight is 472 g/mol. The van der Waals surface area contributed by atoms with E-state index in [1.54, 1.807) is 6.07 Å². The second-order valence-corrected chi connectivity index (χ2v) is 9.10. The highest BCUT2D eigenvalue weighted by Crippen LogP contribution is 2.38. The molecule has 0 aliphatic carbocycles. The van der Waals surface area contributed by atoms with Crippen LogP contribution in [0.4, 0.5) is 5.69 Å². The Morgan fingerprint density at radius 2 is 2.00 bits per heavy atom. The fourth-order valence-electron chi connectivity index (χ4n) is 3.56. The molecule has 4 rings (SSSR count). The zero-order chi connectivity index (χ0) is 22.7. The fourth-order valence-corrected chi connectivity index (χ4v) is 4.84. The fraction of sp³-hybridized carbons (Fsp3) is 0.348. The van der Waals surface area contributed by atoms with Crippen molar-refractivity contribution < 1.29 is 9.53 Å². The Bertz CT molecular complexity index is 1100. The van der Waals surface area contributed by atoms with Gasteiger partial charge in [-0.15, -0.1) is 10.2 Å². The first kappa shape index (κ1) is 22.5. The van der Waals surface area contributed by atoms with E-state index in [1.807, 2.05) is 54.9 Å². The van der Waals surface area contributed by atoms with Crippen LogP contribution < -0.4 is 15.5 Å². The van der Waals surface area contributed by atoms with Crippen molar-refractivity contribution in [3.05, 3.63) is 64.4 Å². The standard InChI is InChI=1S/C23H26ClN5O2S/c1-4-6-19-26-27-23-29(19)28-20(15-8-11-17(12-9-15)31-5-2)21(32-23)22(30)25-16-10-7-14(3)18(24)13-16/h7-13,20-21,28H,4-6H2,1-3H3,(H,25,30)/t20-,21+/m1/s1. The number of aromatic nitrogens is 3. The van der Waals surface area contributed by atoms with Crippen molar-refractivity contribution >= 4 is 35.0 Å². The molecule has 0 radical (unpaired) electrons. The van der Waals surface area contributed by atoms with Crippen molar-refractivity contribution in [3.8, 4) is 5.75 Å². The van der Waals surface area contributed by atoms with E-state index in [0.717, 1.165) is 35.5 Å². The predicted molar refractivity (Wildman–Crippen MR) is 128 cm³/mol. The lowest BCUT2D eigenvalue weighted by Crippen LogP contribution is -2.41. The van der Waals surface area contributed by atoms with Gasteiger partial charge in [-0.1, -0.05) is 48.5 Å². The quantitative estimate of drug-likeness (QED) is 0.505. The number of hydrogen-bond acceptors (Lipinski definition) is 6. The Balaban J connectivity index is 1.64. The van der Waals surface area contributed by atoms with E-state index in [0.29, 0.717) is 22.5 Å². The number of ether oxygens (including phenoxy) is 1. The van der Waals surface area contributed by atoms with Crippen LogP contribution in [0.2, 0.25) is 5.02 Å². The van der Waals surface area contributed by atoms with Crippen molar-refractivity contribution in [2.75, 3.05) is 17.3 Å². The van der Waals surface area contributed by atoms with E-state index in [2.05, 4.69) is 27.9 Å². The molecule has 0 saturated heterocycles. The van der Waals surface area contributed by atoms with Crippen LogP contribution in [0.15, 0.2) is 47.6 Å². The number of nitrogens with zero attached hydrogens (tertiary/aromatic N) is 3. The van der Waals surface area contributed by atoms with E-state index in [9.17, 15) is 4.79 Å². The molecule has 32 heavy (non-hydrogen) atoms. The van der Waals surface area contributed by atoms with Crippen molar-refractivity contribution in [1.82, 2.24) is 14.9 Å². The van der Waals surface area contributed by atoms with Crippen LogP contribution in [-0.2, 0) is 11.2 Å². The highest BCUT2D eigenvalue weighted by Gasteiger charge is 2.37. The number of nitrogens with one attached hydrogen (secondary N) is 2. The number of hydrogen-bond donors (Lipinski definition) is 2. The highest BCUT2D eigenvalue weighted by molar-refractivity contribution is 8.00. The average Bonchev–Trinajstić information content (AvgIpc) is 3.18. The molecule has 168 valence electrons. The van der Waals surface area contributed by atoms with E-state index in [1.165, 1.54) is 11.8 Å². The lowest BCUT2D eigenvalue weighted by Gasteiger charge is -2.33. The van der Waals surface area contributed by atoms with Crippen LogP contribution >= 0.6 is 23.4 Å². The summed E-state index contributed by atoms with van der Waals surface area (Å²) < 4.78 is 7.48. The molecule has 0 bridgehead atoms. The van der Waals surface area contributed by atoms with Gasteiger partial charge < -0.3 is 15.5 Å². The number of fused-ring (bicyclic) bond motifs is 1. The largest absolute Gasteiger partial charge is 0.494 e. The highest BCUT2D eigenvalue weighted by atomic mass is 35.5. The van der Waals surface area contributed by atoms with Crippen LogP contribution in [0.1, 0.15) is 43.3 Å². The maximum atomic E-state index is 13.4. The number of halogens is 1. The predicted octanol–water partition coefficient (Wildman–Crippen LogP) is 4.99. The summed E-state index contributed by atoms with van der Waals surface area (Å²) >= 11 is 7.65. The SMILES string of the molecule is CCCc1nnc2n1N[C@H](c1ccc(OCC)cc1)[C@@H](C(=O)Nc1ccc(C)c(Cl)c1)S2. The summed E-state index contributed by atoms with van der Waals surface area (Å²) in [4.78, 5) is 13.4. The summed E-state index contributed by atoms with van der Waals surface area (Å²) in [6, 6.07) is 13.1. The Morgan fingerprint density at radius 1 is 1.22 bits per heavy atom. The zero-order valence-corrected chi connectivity index (χ0v) is 19.8. The molecule has 1 amide bonds. The summed E-state index contributed by atoms with van der Waals surface area (Å²) in [5.74, 6) is 1.52. The Kier molecular flexibility index (Phi) is 6.91. The Morgan fingerprint density at radius 3 is 2.69 bits per heavy atom. The number of thioether (sulfide) groups is 1. The molecule has 1 aliphatic heterocycles. The molecule has 0 spiro atoms. The summed E-state index contributed by atoms with van der Waals surface area (Å²) in [6.07, 6.45) is 1.76. The third-order valence-corrected chi connectivity index (χ3v) is 6.85. The van der Waals surface area contributed by atoms with Crippen LogP contribution in [0, 0.1) is 6.92 Å². The van der Waals surface area contributed by atoms with Gasteiger partial charge in [0, 0.05) is 17.1 Å². The molecule has 9 heteroatoms. The summed E-state index contributed by atoms with van der Waals surface area (Å²) in [5, 5.41) is 12.5. The number of amides is 1. The van der Waals surface area contributed by atoms with Crippen LogP contribution in [0.3, 0.4) is 0 Å². The van der Waals surface area contributed by atoms with Gasteiger partial charge in [-0.25, -0.2) is 4.68 Å². The van der Waals surface area contributed by atoms with Crippen LogP contribution in [0.5, 0.6) is 5.75 Å². The number of carbonyl (C=O) groups excluding carboxylic acids is 1. The summed E-state index contributed by atoms with van der Waals surface area (Å²) in [6.45, 7) is 6.58. The smallest absolute Gasteiger partial charge is 0.240 e. The van der Waals surface area contributed by atoms with E-state index in [-0.39, 0.29) is 11.9 Å². The van der Waals surface area contributed by atoms with Crippen LogP contribution in [-0.4, -0.2) is 32.6 Å². The molecule has 2 atom stereocenters. The molecular formula is C23H26ClN5O2S. The second-order valence-electron chi connectivity index (χ2n) is 7.58. The van der Waals surface area contributed by atoms with Gasteiger partial charge in [0.15, 0.2) is 5.82 Å². The first-order valence-electron chi connectivity index (χ1n) is 10.7. The molecule has 1 aliphatic rings. The van der Waals surface area contributed by atoms with Gasteiger partial charge >= 0.3 is 0 Å². The molecule has 7 nitrogen and oxygen atoms in total. The number of anilines is 1. The minimum atomic E-state index is -0.459. The minimum Gasteiger partial charge on any atom is -0.494 e. The lowest BCUT2D eigenvalue weighted by atomic mass is 10.0. The minimum absolute atomic E-state index is 0.132. The molecular weight excluding hydrogens is 446 g/mol. The monoisotopic (exact) mass is 471 g/mol. The van der Waals surface area contributed by atoms with Crippen molar-refractivity contribution in [2.24, 2.45) is 0 Å². The van der Waals surface area contributed by atoms with Gasteiger partial charge in [-0.3, -0.25) is 4.79 Å². The number of carbonyl (C=O) groups is 1. The lowest BCUT2D eigenvalue weighted by molar-refractivity contribution is -0.116. The van der Waals surface area contributed by atoms with Crippen molar-refractivity contribution in [1.29, 1.82) is 0 Å². The Labute approximate surface area is 196 Å². The number of aryl methyl sites for hydroxylation is 2. The maximum absolute atomic E-state index is 13.4. The molecule has 0 unspecified atom stereocenters. The van der Waals surface area contributed by atoms with Crippen molar-refractivity contribution in [2.45, 2.75) is 50.1 Å². The second kappa shape index (κ2) is 9.83. The van der Waals surface area contributed by atoms with E-state index in [4.69, 9.17) is 16.3 Å². The third-order valence-electron chi connectivity index (χ3n) is 5.23. The van der Waals surface area contributed by atoms with E-state index < -0.39 is 5.25 Å². The molecule has 1 aromatic heterocycles. The molecule has 2 N–H and O–H groups in total. The van der Waals surface area contributed by atoms with Crippen LogP contribution in [0.25, 0.3) is 0 Å². The number of benzene rings is 2. The van der Waals surface area contributed by atoms with Gasteiger partial charge in [0.1, 0.15) is 11.0 Å². The van der Waals surface area contributed by atoms with Gasteiger partial charge in [0.2, 0.25) is 11.1 Å². The molecule has 3 aromatic rings. The van der Waals surface area contributed by atoms with Gasteiger partial charge in [-0.2, -0.15) is 0 Å². The molecule has 0 saturated carbocycles. The molecule has 2 aromatic carbocycles. The maximum Gasteiger partial charge on any atom is 0.240 e.